The smallest absolute Gasteiger partial charge is 0.244 e. The summed E-state index contributed by atoms with van der Waals surface area (Å²) >= 11 is 0. The predicted octanol–water partition coefficient (Wildman–Crippen LogP) is 8.85. The molecule has 2 aromatic rings. The number of hydrogen-bond acceptors (Lipinski definition) is 7. The standard InChI is InChI=1S/C36H52N2O6/c1-33(2,3)25-17-23(30(39)27(19-25)35(7,8)9)16-22-14-13-15-29(32(22)43-37-41)44-38(42)21-24-18-26(34(4,5)6)20-28(31(24)40)36(10,11)12/h16-21,29,32,39-40H,13-15H2,1-12H3/b22-16?,38-21+. The Morgan fingerprint density at radius 2 is 1.27 bits per heavy atom. The van der Waals surface area contributed by atoms with Crippen LogP contribution in [0.5, 0.6) is 11.5 Å². The van der Waals surface area contributed by atoms with Crippen LogP contribution in [0.1, 0.15) is 136 Å². The second-order valence-corrected chi connectivity index (χ2v) is 16.2. The summed E-state index contributed by atoms with van der Waals surface area (Å²) in [5.41, 5.74) is 4.19. The molecule has 242 valence electrons. The van der Waals surface area contributed by atoms with Gasteiger partial charge in [-0.2, -0.15) is 0 Å². The van der Waals surface area contributed by atoms with E-state index < -0.39 is 12.2 Å². The highest BCUT2D eigenvalue weighted by molar-refractivity contribution is 5.81. The van der Waals surface area contributed by atoms with E-state index in [2.05, 4.69) is 67.7 Å². The molecule has 1 aliphatic rings. The number of rotatable bonds is 6. The molecule has 8 nitrogen and oxygen atoms in total. The fourth-order valence-corrected chi connectivity index (χ4v) is 5.49. The van der Waals surface area contributed by atoms with Crippen molar-refractivity contribution < 1.29 is 24.8 Å². The minimum atomic E-state index is -0.929. The van der Waals surface area contributed by atoms with E-state index in [1.165, 1.54) is 6.21 Å². The maximum absolute atomic E-state index is 13.2. The van der Waals surface area contributed by atoms with Gasteiger partial charge in [0.2, 0.25) is 6.21 Å². The fraction of sp³-hybridized carbons (Fsp3) is 0.583. The van der Waals surface area contributed by atoms with Crippen LogP contribution in [0.2, 0.25) is 0 Å². The highest BCUT2D eigenvalue weighted by Gasteiger charge is 2.34. The van der Waals surface area contributed by atoms with Crippen LogP contribution in [0, 0.1) is 10.1 Å². The third kappa shape index (κ3) is 8.13. The van der Waals surface area contributed by atoms with Crippen molar-refractivity contribution in [1.29, 1.82) is 0 Å². The lowest BCUT2D eigenvalue weighted by molar-refractivity contribution is -0.752. The SMILES string of the molecule is CC(C)(C)c1cc(C=C2CCCC(O/[N+]([O-])=C/c3cc(C(C)(C)C)cc(C(C)(C)C)c3O)C2ON=O)c(O)c(C(C)(C)C)c1. The fourth-order valence-electron chi connectivity index (χ4n) is 5.49. The summed E-state index contributed by atoms with van der Waals surface area (Å²) in [5, 5.41) is 38.4. The topological polar surface area (TPSA) is 114 Å². The van der Waals surface area contributed by atoms with E-state index in [1.807, 2.05) is 45.0 Å². The maximum Gasteiger partial charge on any atom is 0.244 e. The first kappa shape index (κ1) is 34.9. The number of benzene rings is 2. The summed E-state index contributed by atoms with van der Waals surface area (Å²) in [6.45, 7) is 24.8. The van der Waals surface area contributed by atoms with Gasteiger partial charge in [0, 0.05) is 21.6 Å². The van der Waals surface area contributed by atoms with E-state index in [0.29, 0.717) is 40.9 Å². The summed E-state index contributed by atoms with van der Waals surface area (Å²) in [5.74, 6) is 0.187. The highest BCUT2D eigenvalue weighted by atomic mass is 16.9. The first-order valence-electron chi connectivity index (χ1n) is 15.5. The summed E-state index contributed by atoms with van der Waals surface area (Å²) in [4.78, 5) is 22.8. The average molecular weight is 609 g/mol. The molecule has 1 fully saturated rings. The minimum absolute atomic E-state index is 0.0189. The van der Waals surface area contributed by atoms with Crippen LogP contribution in [0.25, 0.3) is 6.08 Å². The van der Waals surface area contributed by atoms with E-state index >= 15 is 0 Å². The van der Waals surface area contributed by atoms with Gasteiger partial charge in [0.05, 0.1) is 5.56 Å². The number of hydrogen-bond donors (Lipinski definition) is 2. The van der Waals surface area contributed by atoms with E-state index in [9.17, 15) is 20.3 Å². The Morgan fingerprint density at radius 3 is 1.73 bits per heavy atom. The van der Waals surface area contributed by atoms with Crippen molar-refractivity contribution in [3.8, 4) is 11.5 Å². The molecule has 2 aromatic carbocycles. The number of nitrogens with zero attached hydrogens (tertiary/aromatic N) is 2. The van der Waals surface area contributed by atoms with Gasteiger partial charge in [-0.25, -0.2) is 0 Å². The molecule has 0 bridgehead atoms. The van der Waals surface area contributed by atoms with Gasteiger partial charge in [0.25, 0.3) is 0 Å². The van der Waals surface area contributed by atoms with Crippen LogP contribution < -0.4 is 0 Å². The zero-order chi connectivity index (χ0) is 33.4. The molecular weight excluding hydrogens is 556 g/mol. The molecule has 8 heteroatoms. The molecule has 0 aliphatic heterocycles. The summed E-state index contributed by atoms with van der Waals surface area (Å²) < 4.78 is 0. The molecule has 0 aromatic heterocycles. The van der Waals surface area contributed by atoms with Crippen LogP contribution in [0.3, 0.4) is 0 Å². The molecule has 2 N–H and O–H groups in total. The predicted molar refractivity (Wildman–Crippen MR) is 177 cm³/mol. The zero-order valence-electron chi connectivity index (χ0n) is 28.7. The molecule has 0 amide bonds. The number of phenols is 2. The Kier molecular flexibility index (Phi) is 9.88. The van der Waals surface area contributed by atoms with Crippen molar-refractivity contribution in [3.63, 3.8) is 0 Å². The van der Waals surface area contributed by atoms with Crippen molar-refractivity contribution >= 4 is 12.3 Å². The molecule has 0 saturated heterocycles. The average Bonchev–Trinajstić information content (AvgIpc) is 2.85. The van der Waals surface area contributed by atoms with Crippen molar-refractivity contribution in [1.82, 2.24) is 0 Å². The molecule has 2 unspecified atom stereocenters. The van der Waals surface area contributed by atoms with Crippen LogP contribution in [0.4, 0.5) is 0 Å². The van der Waals surface area contributed by atoms with E-state index in [1.54, 1.807) is 6.07 Å². The molecule has 2 atom stereocenters. The van der Waals surface area contributed by atoms with E-state index in [4.69, 9.17) is 9.68 Å². The van der Waals surface area contributed by atoms with Crippen LogP contribution >= 0.6 is 0 Å². The first-order valence-corrected chi connectivity index (χ1v) is 15.5. The third-order valence-electron chi connectivity index (χ3n) is 8.27. The molecular formula is C36H52N2O6. The molecule has 1 saturated carbocycles. The van der Waals surface area contributed by atoms with Crippen LogP contribution in [0.15, 0.2) is 35.2 Å². The largest absolute Gasteiger partial charge is 0.507 e. The Hall–Kier alpha value is -3.55. The van der Waals surface area contributed by atoms with Gasteiger partial charge in [-0.3, -0.25) is 5.21 Å². The lowest BCUT2D eigenvalue weighted by Gasteiger charge is -2.32. The van der Waals surface area contributed by atoms with Gasteiger partial charge in [0.15, 0.2) is 11.4 Å². The summed E-state index contributed by atoms with van der Waals surface area (Å²) in [7, 11) is 0. The second kappa shape index (κ2) is 12.4. The van der Waals surface area contributed by atoms with E-state index in [0.717, 1.165) is 22.3 Å². The Bertz CT molecular complexity index is 1430. The van der Waals surface area contributed by atoms with Gasteiger partial charge in [-0.1, -0.05) is 95.2 Å². The van der Waals surface area contributed by atoms with Gasteiger partial charge in [0.1, 0.15) is 17.6 Å². The maximum atomic E-state index is 13.2. The van der Waals surface area contributed by atoms with Crippen molar-refractivity contribution in [3.05, 3.63) is 73.3 Å². The number of aromatic hydroxyl groups is 2. The third-order valence-corrected chi connectivity index (χ3v) is 8.27. The van der Waals surface area contributed by atoms with Crippen LogP contribution in [-0.4, -0.2) is 33.5 Å². The van der Waals surface area contributed by atoms with Gasteiger partial charge in [-0.05, 0) is 75.8 Å². The Balaban J connectivity index is 2.06. The Labute approximate surface area is 263 Å². The number of phenolic OH excluding ortho intramolecular Hbond substituents is 2. The second-order valence-electron chi connectivity index (χ2n) is 16.2. The molecule has 0 radical (unpaired) electrons. The highest BCUT2D eigenvalue weighted by Crippen LogP contribution is 2.41. The van der Waals surface area contributed by atoms with Crippen molar-refractivity contribution in [2.75, 3.05) is 0 Å². The molecule has 44 heavy (non-hydrogen) atoms. The van der Waals surface area contributed by atoms with Crippen molar-refractivity contribution in [2.45, 2.75) is 136 Å². The van der Waals surface area contributed by atoms with Gasteiger partial charge >= 0.3 is 0 Å². The Morgan fingerprint density at radius 1 is 0.795 bits per heavy atom. The van der Waals surface area contributed by atoms with Gasteiger partial charge < -0.3 is 19.9 Å². The summed E-state index contributed by atoms with van der Waals surface area (Å²) in [6.07, 6.45) is 3.01. The minimum Gasteiger partial charge on any atom is -0.507 e. The molecule has 0 heterocycles. The monoisotopic (exact) mass is 608 g/mol. The normalized spacial score (nSPS) is 19.6. The van der Waals surface area contributed by atoms with E-state index in [-0.39, 0.29) is 33.2 Å². The lowest BCUT2D eigenvalue weighted by atomic mass is 9.78. The van der Waals surface area contributed by atoms with Crippen molar-refractivity contribution in [2.24, 2.45) is 5.34 Å². The first-order chi connectivity index (χ1) is 20.0. The molecule has 1 aliphatic carbocycles. The van der Waals surface area contributed by atoms with Crippen LogP contribution in [-0.2, 0) is 31.3 Å². The lowest BCUT2D eigenvalue weighted by Crippen LogP contribution is -2.37. The zero-order valence-corrected chi connectivity index (χ0v) is 28.7. The molecule has 0 spiro atoms. The molecule has 3 rings (SSSR count). The summed E-state index contributed by atoms with van der Waals surface area (Å²) in [6, 6.07) is 7.78. The quantitative estimate of drug-likeness (QED) is 0.147. The van der Waals surface area contributed by atoms with Gasteiger partial charge in [-0.15, -0.1) is 4.91 Å².